The summed E-state index contributed by atoms with van der Waals surface area (Å²) in [6.07, 6.45) is 3.18. The van der Waals surface area contributed by atoms with Crippen LogP contribution in [-0.2, 0) is 0 Å². The number of fused-ring (bicyclic) bond motifs is 1. The van der Waals surface area contributed by atoms with E-state index in [4.69, 9.17) is 11.6 Å². The lowest BCUT2D eigenvalue weighted by Crippen LogP contribution is -2.16. The number of pyridine rings is 3. The van der Waals surface area contributed by atoms with E-state index in [9.17, 15) is 4.79 Å². The fourth-order valence-corrected chi connectivity index (χ4v) is 2.35. The summed E-state index contributed by atoms with van der Waals surface area (Å²) >= 11 is 5.84. The summed E-state index contributed by atoms with van der Waals surface area (Å²) in [5, 5.41) is 8.23. The number of halogens is 1. The molecular formula is C16H16ClN5O. The lowest BCUT2D eigenvalue weighted by atomic mass is 10.2. The molecule has 3 rings (SSSR count). The van der Waals surface area contributed by atoms with Crippen molar-refractivity contribution in [2.24, 2.45) is 0 Å². The van der Waals surface area contributed by atoms with Crippen molar-refractivity contribution in [2.45, 2.75) is 19.9 Å². The highest BCUT2D eigenvalue weighted by molar-refractivity contribution is 6.30. The topological polar surface area (TPSA) is 82.7 Å². The summed E-state index contributed by atoms with van der Waals surface area (Å²) in [6, 6.07) is 7.31. The second-order valence-electron chi connectivity index (χ2n) is 5.41. The van der Waals surface area contributed by atoms with Gasteiger partial charge in [0.25, 0.3) is 5.56 Å². The van der Waals surface area contributed by atoms with Crippen LogP contribution in [0, 0.1) is 0 Å². The van der Waals surface area contributed by atoms with Crippen LogP contribution in [0.25, 0.3) is 10.8 Å². The Hall–Kier alpha value is -2.60. The molecule has 0 amide bonds. The van der Waals surface area contributed by atoms with Crippen molar-refractivity contribution in [2.75, 3.05) is 10.6 Å². The molecule has 3 heterocycles. The van der Waals surface area contributed by atoms with Gasteiger partial charge in [0.05, 0.1) is 10.4 Å². The van der Waals surface area contributed by atoms with Gasteiger partial charge in [-0.3, -0.25) is 4.79 Å². The molecule has 23 heavy (non-hydrogen) atoms. The second kappa shape index (κ2) is 6.26. The molecule has 0 spiro atoms. The Kier molecular flexibility index (Phi) is 4.16. The van der Waals surface area contributed by atoms with Crippen LogP contribution in [0.3, 0.4) is 0 Å². The van der Waals surface area contributed by atoms with E-state index in [-0.39, 0.29) is 11.6 Å². The average Bonchev–Trinajstić information content (AvgIpc) is 2.49. The van der Waals surface area contributed by atoms with Gasteiger partial charge in [0.15, 0.2) is 0 Å². The largest absolute Gasteiger partial charge is 0.367 e. The summed E-state index contributed by atoms with van der Waals surface area (Å²) in [6.45, 7) is 3.98. The number of aromatic nitrogens is 3. The molecule has 3 aromatic heterocycles. The third kappa shape index (κ3) is 3.43. The van der Waals surface area contributed by atoms with Gasteiger partial charge in [0, 0.05) is 18.4 Å². The van der Waals surface area contributed by atoms with Crippen LogP contribution in [-0.4, -0.2) is 21.0 Å². The lowest BCUT2D eigenvalue weighted by molar-refractivity contribution is 0.892. The van der Waals surface area contributed by atoms with Gasteiger partial charge in [-0.05, 0) is 43.5 Å². The molecule has 3 N–H and O–H groups in total. The fourth-order valence-electron chi connectivity index (χ4n) is 2.24. The number of hydrogen-bond donors (Lipinski definition) is 3. The normalized spacial score (nSPS) is 11.0. The third-order valence-electron chi connectivity index (χ3n) is 3.16. The third-order valence-corrected chi connectivity index (χ3v) is 3.39. The molecule has 0 aliphatic carbocycles. The molecule has 6 nitrogen and oxygen atoms in total. The molecule has 0 bridgehead atoms. The summed E-state index contributed by atoms with van der Waals surface area (Å²) in [4.78, 5) is 23.5. The van der Waals surface area contributed by atoms with E-state index < -0.39 is 0 Å². The quantitative estimate of drug-likeness (QED) is 0.682. The van der Waals surface area contributed by atoms with Crippen molar-refractivity contribution in [3.05, 3.63) is 52.0 Å². The predicted octanol–water partition coefficient (Wildman–Crippen LogP) is 3.54. The zero-order valence-corrected chi connectivity index (χ0v) is 13.5. The van der Waals surface area contributed by atoms with Crippen molar-refractivity contribution in [1.29, 1.82) is 0 Å². The van der Waals surface area contributed by atoms with Crippen molar-refractivity contribution in [1.82, 2.24) is 15.0 Å². The molecule has 0 unspecified atom stereocenters. The van der Waals surface area contributed by atoms with E-state index in [1.165, 1.54) is 0 Å². The van der Waals surface area contributed by atoms with Gasteiger partial charge < -0.3 is 15.6 Å². The van der Waals surface area contributed by atoms with Gasteiger partial charge >= 0.3 is 0 Å². The summed E-state index contributed by atoms with van der Waals surface area (Å²) < 4.78 is 0. The molecule has 0 aliphatic rings. The van der Waals surface area contributed by atoms with Crippen molar-refractivity contribution >= 4 is 39.8 Å². The highest BCUT2D eigenvalue weighted by Crippen LogP contribution is 2.24. The molecule has 0 saturated heterocycles. The number of rotatable bonds is 4. The summed E-state index contributed by atoms with van der Waals surface area (Å²) in [5.41, 5.74) is -0.172. The number of H-pyrrole nitrogens is 1. The summed E-state index contributed by atoms with van der Waals surface area (Å²) in [7, 11) is 0. The molecule has 7 heteroatoms. The lowest BCUT2D eigenvalue weighted by Gasteiger charge is -2.14. The minimum absolute atomic E-state index is 0.147. The van der Waals surface area contributed by atoms with Gasteiger partial charge in [-0.2, -0.15) is 0 Å². The molecule has 3 aromatic rings. The Bertz CT molecular complexity index is 889. The molecule has 0 fully saturated rings. The maximum absolute atomic E-state index is 12.1. The van der Waals surface area contributed by atoms with Crippen LogP contribution in [0.2, 0.25) is 5.02 Å². The number of aromatic amines is 1. The first-order valence-corrected chi connectivity index (χ1v) is 7.58. The molecule has 0 radical (unpaired) electrons. The summed E-state index contributed by atoms with van der Waals surface area (Å²) in [5.74, 6) is 1.76. The van der Waals surface area contributed by atoms with E-state index in [0.717, 1.165) is 5.39 Å². The minimum atomic E-state index is -0.172. The van der Waals surface area contributed by atoms with Gasteiger partial charge in [-0.1, -0.05) is 11.6 Å². The van der Waals surface area contributed by atoms with E-state index in [2.05, 4.69) is 25.6 Å². The monoisotopic (exact) mass is 329 g/mol. The number of hydrogen-bond acceptors (Lipinski definition) is 5. The van der Waals surface area contributed by atoms with E-state index >= 15 is 0 Å². The predicted molar refractivity (Wildman–Crippen MR) is 93.7 cm³/mol. The zero-order valence-electron chi connectivity index (χ0n) is 12.7. The van der Waals surface area contributed by atoms with Crippen molar-refractivity contribution in [3.8, 4) is 0 Å². The van der Waals surface area contributed by atoms with Crippen LogP contribution in [0.1, 0.15) is 13.8 Å². The molecular weight excluding hydrogens is 314 g/mol. The zero-order chi connectivity index (χ0) is 16.4. The highest BCUT2D eigenvalue weighted by atomic mass is 35.5. The Labute approximate surface area is 137 Å². The average molecular weight is 330 g/mol. The van der Waals surface area contributed by atoms with Gasteiger partial charge in [0.1, 0.15) is 17.5 Å². The Morgan fingerprint density at radius 3 is 2.74 bits per heavy atom. The first-order chi connectivity index (χ1) is 11.0. The van der Waals surface area contributed by atoms with Crippen LogP contribution < -0.4 is 16.2 Å². The van der Waals surface area contributed by atoms with Crippen LogP contribution >= 0.6 is 11.6 Å². The first kappa shape index (κ1) is 15.3. The number of nitrogens with zero attached hydrogens (tertiary/aromatic N) is 2. The van der Waals surface area contributed by atoms with Gasteiger partial charge in [-0.15, -0.1) is 0 Å². The number of nitrogens with one attached hydrogen (secondary N) is 3. The second-order valence-corrected chi connectivity index (χ2v) is 5.85. The minimum Gasteiger partial charge on any atom is -0.367 e. The van der Waals surface area contributed by atoms with Crippen LogP contribution in [0.5, 0.6) is 0 Å². The maximum atomic E-state index is 12.1. The van der Waals surface area contributed by atoms with E-state index in [1.807, 2.05) is 26.0 Å². The maximum Gasteiger partial charge on any atom is 0.259 e. The molecule has 0 aromatic carbocycles. The Morgan fingerprint density at radius 1 is 1.22 bits per heavy atom. The smallest absolute Gasteiger partial charge is 0.259 e. The molecule has 0 aliphatic heterocycles. The van der Waals surface area contributed by atoms with Gasteiger partial charge in [-0.25, -0.2) is 9.97 Å². The Balaban J connectivity index is 2.07. The molecule has 0 atom stereocenters. The molecule has 118 valence electrons. The standard InChI is InChI=1S/C16H16ClN5O/c1-9(2)20-15-14-10(5-6-18-16(14)23)7-13(22-15)21-12-4-3-11(17)8-19-12/h3-9H,1-2H3,(H,18,23)(H2,19,20,21,22). The van der Waals surface area contributed by atoms with Crippen molar-refractivity contribution < 1.29 is 0 Å². The fraction of sp³-hybridized carbons (Fsp3) is 0.188. The Morgan fingerprint density at radius 2 is 2.04 bits per heavy atom. The highest BCUT2D eigenvalue weighted by Gasteiger charge is 2.11. The SMILES string of the molecule is CC(C)Nc1nc(Nc2ccc(Cl)cn2)cc2cc[nH]c(=O)c12. The molecule has 0 saturated carbocycles. The van der Waals surface area contributed by atoms with Crippen LogP contribution in [0.15, 0.2) is 41.5 Å². The van der Waals surface area contributed by atoms with E-state index in [1.54, 1.807) is 24.5 Å². The first-order valence-electron chi connectivity index (χ1n) is 7.20. The van der Waals surface area contributed by atoms with Crippen LogP contribution in [0.4, 0.5) is 17.5 Å². The van der Waals surface area contributed by atoms with Gasteiger partial charge in [0.2, 0.25) is 0 Å². The van der Waals surface area contributed by atoms with Crippen molar-refractivity contribution in [3.63, 3.8) is 0 Å². The van der Waals surface area contributed by atoms with E-state index in [0.29, 0.717) is 27.9 Å². The number of anilines is 3.